The van der Waals surface area contributed by atoms with Gasteiger partial charge in [0.25, 0.3) is 0 Å². The van der Waals surface area contributed by atoms with Crippen molar-refractivity contribution in [3.05, 3.63) is 79.4 Å². The molecule has 26 heavy (non-hydrogen) atoms. The second-order valence-electron chi connectivity index (χ2n) is 7.06. The summed E-state index contributed by atoms with van der Waals surface area (Å²) in [4.78, 5) is 29.4. The molecule has 0 aliphatic carbocycles. The summed E-state index contributed by atoms with van der Waals surface area (Å²) >= 11 is 0. The number of aromatic nitrogens is 2. The minimum atomic E-state index is -0.0769. The number of fused-ring (bicyclic) bond motifs is 2. The van der Waals surface area contributed by atoms with E-state index < -0.39 is 0 Å². The molecule has 130 valence electrons. The normalized spacial score (nSPS) is 11.4. The van der Waals surface area contributed by atoms with Crippen molar-refractivity contribution in [2.45, 2.75) is 27.7 Å². The summed E-state index contributed by atoms with van der Waals surface area (Å²) in [5.74, 6) is 0. The minimum absolute atomic E-state index is 0.0769. The lowest BCUT2D eigenvalue weighted by molar-refractivity contribution is 1.25. The first kappa shape index (κ1) is 16.3. The minimum Gasteiger partial charge on any atom is -0.322 e. The Bertz CT molecular complexity index is 1210. The van der Waals surface area contributed by atoms with Gasteiger partial charge in [-0.3, -0.25) is 9.59 Å². The number of rotatable bonds is 1. The highest BCUT2D eigenvalue weighted by atomic mass is 16.1. The average molecular weight is 344 g/mol. The van der Waals surface area contributed by atoms with Crippen LogP contribution in [-0.2, 0) is 0 Å². The lowest BCUT2D eigenvalue weighted by Crippen LogP contribution is -2.06. The third kappa shape index (κ3) is 2.54. The van der Waals surface area contributed by atoms with Crippen LogP contribution in [0.1, 0.15) is 22.3 Å². The zero-order valence-electron chi connectivity index (χ0n) is 15.3. The van der Waals surface area contributed by atoms with Crippen molar-refractivity contribution in [1.82, 2.24) is 9.97 Å². The number of aryl methyl sites for hydroxylation is 4. The molecule has 0 unspecified atom stereocenters. The van der Waals surface area contributed by atoms with Crippen LogP contribution < -0.4 is 11.1 Å². The molecule has 2 aromatic carbocycles. The van der Waals surface area contributed by atoms with Crippen molar-refractivity contribution in [1.29, 1.82) is 0 Å². The van der Waals surface area contributed by atoms with Gasteiger partial charge in [0.1, 0.15) is 0 Å². The fraction of sp³-hybridized carbons (Fsp3) is 0.182. The molecular formula is C22H20N2O2. The number of hydrogen-bond acceptors (Lipinski definition) is 2. The molecule has 4 heteroatoms. The van der Waals surface area contributed by atoms with Gasteiger partial charge in [-0.25, -0.2) is 0 Å². The van der Waals surface area contributed by atoms with Crippen LogP contribution in [0.15, 0.2) is 46.0 Å². The molecule has 4 rings (SSSR count). The topological polar surface area (TPSA) is 65.7 Å². The third-order valence-corrected chi connectivity index (χ3v) is 5.05. The SMILES string of the molecule is Cc1cc(=O)[nH]c2c(C)cc(-c3cc(C)c4[nH]c(=O)cc(C)c4c3)cc12. The van der Waals surface area contributed by atoms with E-state index in [-0.39, 0.29) is 11.1 Å². The summed E-state index contributed by atoms with van der Waals surface area (Å²) in [6, 6.07) is 11.7. The van der Waals surface area contributed by atoms with E-state index >= 15 is 0 Å². The van der Waals surface area contributed by atoms with Gasteiger partial charge >= 0.3 is 0 Å². The molecule has 0 amide bonds. The van der Waals surface area contributed by atoms with Gasteiger partial charge in [-0.1, -0.05) is 0 Å². The summed E-state index contributed by atoms with van der Waals surface area (Å²) in [5, 5.41) is 2.10. The molecule has 4 aromatic rings. The van der Waals surface area contributed by atoms with Crippen LogP contribution in [0, 0.1) is 27.7 Å². The van der Waals surface area contributed by atoms with E-state index in [0.717, 1.165) is 55.2 Å². The van der Waals surface area contributed by atoms with Crippen LogP contribution in [0.2, 0.25) is 0 Å². The van der Waals surface area contributed by atoms with Crippen LogP contribution in [0.4, 0.5) is 0 Å². The molecule has 2 aromatic heterocycles. The maximum Gasteiger partial charge on any atom is 0.248 e. The van der Waals surface area contributed by atoms with Crippen molar-refractivity contribution < 1.29 is 0 Å². The number of H-pyrrole nitrogens is 2. The predicted molar refractivity (Wildman–Crippen MR) is 107 cm³/mol. The van der Waals surface area contributed by atoms with Crippen LogP contribution in [-0.4, -0.2) is 9.97 Å². The lowest BCUT2D eigenvalue weighted by atomic mass is 9.95. The van der Waals surface area contributed by atoms with Gasteiger partial charge in [0.15, 0.2) is 0 Å². The highest BCUT2D eigenvalue weighted by Crippen LogP contribution is 2.31. The molecule has 0 aliphatic rings. The van der Waals surface area contributed by atoms with E-state index in [1.165, 1.54) is 0 Å². The Morgan fingerprint density at radius 3 is 1.31 bits per heavy atom. The van der Waals surface area contributed by atoms with Crippen LogP contribution in [0.25, 0.3) is 32.9 Å². The first-order chi connectivity index (χ1) is 12.3. The Balaban J connectivity index is 2.04. The summed E-state index contributed by atoms with van der Waals surface area (Å²) in [6.45, 7) is 7.94. The summed E-state index contributed by atoms with van der Waals surface area (Å²) in [6.07, 6.45) is 0. The molecule has 2 heterocycles. The van der Waals surface area contributed by atoms with Gasteiger partial charge in [0.2, 0.25) is 11.1 Å². The highest BCUT2D eigenvalue weighted by Gasteiger charge is 2.10. The highest BCUT2D eigenvalue weighted by molar-refractivity contribution is 5.93. The van der Waals surface area contributed by atoms with E-state index in [0.29, 0.717) is 0 Å². The number of hydrogen-bond donors (Lipinski definition) is 2. The number of benzene rings is 2. The predicted octanol–water partition coefficient (Wildman–Crippen LogP) is 4.27. The molecule has 0 aliphatic heterocycles. The Labute approximate surface area is 150 Å². The van der Waals surface area contributed by atoms with Crippen molar-refractivity contribution in [2.24, 2.45) is 0 Å². The van der Waals surface area contributed by atoms with Gasteiger partial charge in [0, 0.05) is 22.9 Å². The molecule has 0 radical (unpaired) electrons. The largest absolute Gasteiger partial charge is 0.322 e. The van der Waals surface area contributed by atoms with E-state index in [1.54, 1.807) is 12.1 Å². The van der Waals surface area contributed by atoms with Gasteiger partial charge in [-0.05, 0) is 85.3 Å². The molecule has 0 saturated carbocycles. The van der Waals surface area contributed by atoms with E-state index in [4.69, 9.17) is 0 Å². The Kier molecular flexibility index (Phi) is 3.58. The average Bonchev–Trinajstić information content (AvgIpc) is 2.56. The second-order valence-corrected chi connectivity index (χ2v) is 7.06. The number of nitrogens with one attached hydrogen (secondary N) is 2. The lowest BCUT2D eigenvalue weighted by Gasteiger charge is -2.12. The van der Waals surface area contributed by atoms with Crippen molar-refractivity contribution in [3.8, 4) is 11.1 Å². The Hall–Kier alpha value is -3.14. The first-order valence-corrected chi connectivity index (χ1v) is 8.62. The van der Waals surface area contributed by atoms with Crippen molar-refractivity contribution in [3.63, 3.8) is 0 Å². The van der Waals surface area contributed by atoms with Crippen molar-refractivity contribution in [2.75, 3.05) is 0 Å². The summed E-state index contributed by atoms with van der Waals surface area (Å²) < 4.78 is 0. The molecule has 0 fully saturated rings. The number of aromatic amines is 2. The van der Waals surface area contributed by atoms with E-state index in [1.807, 2.05) is 27.7 Å². The van der Waals surface area contributed by atoms with E-state index in [9.17, 15) is 9.59 Å². The van der Waals surface area contributed by atoms with Gasteiger partial charge in [-0.2, -0.15) is 0 Å². The molecule has 4 nitrogen and oxygen atoms in total. The molecular weight excluding hydrogens is 324 g/mol. The maximum atomic E-state index is 11.8. The summed E-state index contributed by atoms with van der Waals surface area (Å²) in [7, 11) is 0. The molecule has 0 spiro atoms. The van der Waals surface area contributed by atoms with Crippen LogP contribution >= 0.6 is 0 Å². The van der Waals surface area contributed by atoms with Gasteiger partial charge < -0.3 is 9.97 Å². The fourth-order valence-corrected chi connectivity index (χ4v) is 3.73. The van der Waals surface area contributed by atoms with Crippen molar-refractivity contribution >= 4 is 21.8 Å². The van der Waals surface area contributed by atoms with E-state index in [2.05, 4.69) is 34.2 Å². The maximum absolute atomic E-state index is 11.8. The third-order valence-electron chi connectivity index (χ3n) is 5.05. The standard InChI is InChI=1S/C22H20N2O2/c1-11-7-19(25)23-21-13(3)5-15(9-17(11)21)16-6-14(4)22-18(10-16)12(2)8-20(26)24-22/h5-10H,1-4H3,(H,23,25)(H,24,26). The monoisotopic (exact) mass is 344 g/mol. The quantitative estimate of drug-likeness (QED) is 0.541. The van der Waals surface area contributed by atoms with Gasteiger partial charge in [0.05, 0.1) is 11.0 Å². The Morgan fingerprint density at radius 2 is 0.923 bits per heavy atom. The molecule has 0 atom stereocenters. The second kappa shape index (κ2) is 5.70. The van der Waals surface area contributed by atoms with Crippen LogP contribution in [0.5, 0.6) is 0 Å². The summed E-state index contributed by atoms with van der Waals surface area (Å²) in [5.41, 5.74) is 7.82. The number of pyridine rings is 2. The zero-order chi connectivity index (χ0) is 18.6. The van der Waals surface area contributed by atoms with Gasteiger partial charge in [-0.15, -0.1) is 0 Å². The molecule has 0 bridgehead atoms. The Morgan fingerprint density at radius 1 is 0.538 bits per heavy atom. The molecule has 2 N–H and O–H groups in total. The molecule has 0 saturated heterocycles. The fourth-order valence-electron chi connectivity index (χ4n) is 3.73. The smallest absolute Gasteiger partial charge is 0.248 e. The van der Waals surface area contributed by atoms with Crippen LogP contribution in [0.3, 0.4) is 0 Å². The zero-order valence-corrected chi connectivity index (χ0v) is 15.3. The first-order valence-electron chi connectivity index (χ1n) is 8.62.